The van der Waals surface area contributed by atoms with Crippen molar-refractivity contribution >= 4 is 75.1 Å². The molecular weight excluding hydrogens is 725 g/mol. The highest BCUT2D eigenvalue weighted by atomic mass is 32.1. The van der Waals surface area contributed by atoms with E-state index < -0.39 is 0 Å². The number of aromatic nitrogens is 2. The number of furan rings is 1. The van der Waals surface area contributed by atoms with Gasteiger partial charge in [-0.3, -0.25) is 0 Å². The molecule has 0 bridgehead atoms. The van der Waals surface area contributed by atoms with E-state index in [1.165, 1.54) is 42.9 Å². The van der Waals surface area contributed by atoms with Crippen molar-refractivity contribution in [2.24, 2.45) is 0 Å². The lowest BCUT2D eigenvalue weighted by atomic mass is 9.95. The normalized spacial score (nSPS) is 11.8. The van der Waals surface area contributed by atoms with E-state index in [1.54, 1.807) is 11.3 Å². The molecule has 12 aromatic rings. The van der Waals surface area contributed by atoms with Gasteiger partial charge < -0.3 is 4.42 Å². The Bertz CT molecular complexity index is 3550. The smallest absolute Gasteiger partial charge is 0.160 e. The van der Waals surface area contributed by atoms with Crippen molar-refractivity contribution in [1.82, 2.24) is 9.97 Å². The molecule has 0 saturated carbocycles. The Hall–Kier alpha value is -7.40. The zero-order valence-electron chi connectivity index (χ0n) is 31.2. The summed E-state index contributed by atoms with van der Waals surface area (Å²) in [5.41, 5.74) is 12.5. The fourth-order valence-corrected chi connectivity index (χ4v) is 9.63. The van der Waals surface area contributed by atoms with Gasteiger partial charge in [0.25, 0.3) is 0 Å². The number of rotatable bonds is 5. The van der Waals surface area contributed by atoms with E-state index in [2.05, 4.69) is 194 Å². The second-order valence-corrected chi connectivity index (χ2v) is 16.0. The second kappa shape index (κ2) is 13.1. The van der Waals surface area contributed by atoms with Crippen molar-refractivity contribution in [3.8, 4) is 56.0 Å². The number of hydrogen-bond donors (Lipinski definition) is 0. The zero-order valence-corrected chi connectivity index (χ0v) is 32.0. The van der Waals surface area contributed by atoms with Crippen LogP contribution in [0.2, 0.25) is 0 Å². The van der Waals surface area contributed by atoms with Crippen molar-refractivity contribution in [3.05, 3.63) is 194 Å². The van der Waals surface area contributed by atoms with Crippen LogP contribution < -0.4 is 0 Å². The molecule has 0 aliphatic carbocycles. The summed E-state index contributed by atoms with van der Waals surface area (Å²) in [5.74, 6) is 0.704. The third kappa shape index (κ3) is 5.42. The van der Waals surface area contributed by atoms with E-state index in [0.717, 1.165) is 71.1 Å². The predicted octanol–water partition coefficient (Wildman–Crippen LogP) is 15.4. The molecular formula is C54H32N2OS. The molecule has 0 radical (unpaired) electrons. The molecule has 270 valence electrons. The third-order valence-electron chi connectivity index (χ3n) is 11.5. The number of hydrogen-bond acceptors (Lipinski definition) is 4. The maximum atomic E-state index is 6.73. The highest BCUT2D eigenvalue weighted by molar-refractivity contribution is 7.26. The number of nitrogens with zero attached hydrogens (tertiary/aromatic N) is 2. The number of benzene rings is 9. The van der Waals surface area contributed by atoms with Gasteiger partial charge in [-0.15, -0.1) is 11.3 Å². The molecule has 3 heterocycles. The molecule has 12 rings (SSSR count). The molecule has 4 heteroatoms. The summed E-state index contributed by atoms with van der Waals surface area (Å²) in [7, 11) is 0. The van der Waals surface area contributed by atoms with E-state index in [1.807, 2.05) is 0 Å². The van der Waals surface area contributed by atoms with Crippen molar-refractivity contribution in [3.63, 3.8) is 0 Å². The van der Waals surface area contributed by atoms with Crippen LogP contribution in [0.4, 0.5) is 0 Å². The molecule has 58 heavy (non-hydrogen) atoms. The Morgan fingerprint density at radius 1 is 0.379 bits per heavy atom. The molecule has 0 aliphatic rings. The number of fused-ring (bicyclic) bond motifs is 8. The van der Waals surface area contributed by atoms with Crippen LogP contribution in [-0.2, 0) is 0 Å². The quantitative estimate of drug-likeness (QED) is 0.176. The summed E-state index contributed by atoms with van der Waals surface area (Å²) >= 11 is 1.76. The third-order valence-corrected chi connectivity index (χ3v) is 12.6. The van der Waals surface area contributed by atoms with Crippen LogP contribution in [0, 0.1) is 0 Å². The molecule has 0 aliphatic heterocycles. The first-order chi connectivity index (χ1) is 28.7. The van der Waals surface area contributed by atoms with Crippen molar-refractivity contribution in [2.75, 3.05) is 0 Å². The molecule has 3 nitrogen and oxygen atoms in total. The fraction of sp³-hybridized carbons (Fsp3) is 0. The minimum absolute atomic E-state index is 0.704. The van der Waals surface area contributed by atoms with Crippen LogP contribution >= 0.6 is 11.3 Å². The van der Waals surface area contributed by atoms with Gasteiger partial charge in [-0.1, -0.05) is 158 Å². The lowest BCUT2D eigenvalue weighted by Gasteiger charge is -2.10. The summed E-state index contributed by atoms with van der Waals surface area (Å²) in [5, 5.41) is 8.22. The summed E-state index contributed by atoms with van der Waals surface area (Å²) < 4.78 is 9.03. The highest BCUT2D eigenvalue weighted by Crippen LogP contribution is 2.43. The average Bonchev–Trinajstić information content (AvgIpc) is 3.85. The Balaban J connectivity index is 0.985. The topological polar surface area (TPSA) is 38.9 Å². The SMILES string of the molecule is c1ccc(-c2cc(-c3ccc(-c4nc(-c5ccc(-c6ccc7ccccc7c6)cc5)c5sc6ccccc6c5n4)cc3)c3oc4cc5ccccc5cc4c3c2)cc1. The highest BCUT2D eigenvalue weighted by Gasteiger charge is 2.19. The molecule has 9 aromatic carbocycles. The largest absolute Gasteiger partial charge is 0.455 e. The van der Waals surface area contributed by atoms with Crippen LogP contribution in [0.5, 0.6) is 0 Å². The van der Waals surface area contributed by atoms with Gasteiger partial charge in [0.2, 0.25) is 0 Å². The predicted molar refractivity (Wildman–Crippen MR) is 244 cm³/mol. The molecule has 0 amide bonds. The van der Waals surface area contributed by atoms with Gasteiger partial charge in [0, 0.05) is 37.5 Å². The van der Waals surface area contributed by atoms with Crippen LogP contribution in [0.1, 0.15) is 0 Å². The summed E-state index contributed by atoms with van der Waals surface area (Å²) in [6.07, 6.45) is 0. The maximum absolute atomic E-state index is 6.73. The van der Waals surface area contributed by atoms with Crippen LogP contribution in [0.3, 0.4) is 0 Å². The van der Waals surface area contributed by atoms with Crippen LogP contribution in [0.25, 0.3) is 120 Å². The minimum Gasteiger partial charge on any atom is -0.455 e. The van der Waals surface area contributed by atoms with Crippen LogP contribution in [0.15, 0.2) is 199 Å². The summed E-state index contributed by atoms with van der Waals surface area (Å²) in [4.78, 5) is 10.6. The van der Waals surface area contributed by atoms with E-state index in [4.69, 9.17) is 14.4 Å². The van der Waals surface area contributed by atoms with Crippen molar-refractivity contribution in [1.29, 1.82) is 0 Å². The average molecular weight is 757 g/mol. The zero-order chi connectivity index (χ0) is 38.2. The first-order valence-electron chi connectivity index (χ1n) is 19.5. The van der Waals surface area contributed by atoms with E-state index in [0.29, 0.717) is 5.82 Å². The van der Waals surface area contributed by atoms with E-state index in [-0.39, 0.29) is 0 Å². The molecule has 0 spiro atoms. The Morgan fingerprint density at radius 3 is 1.81 bits per heavy atom. The Kier molecular flexibility index (Phi) is 7.40. The van der Waals surface area contributed by atoms with Gasteiger partial charge in [-0.05, 0) is 85.8 Å². The van der Waals surface area contributed by atoms with Gasteiger partial charge in [0.1, 0.15) is 11.2 Å². The van der Waals surface area contributed by atoms with Gasteiger partial charge >= 0.3 is 0 Å². The number of thiophene rings is 1. The summed E-state index contributed by atoms with van der Waals surface area (Å²) in [6, 6.07) is 69.2. The molecule has 0 N–H and O–H groups in total. The lowest BCUT2D eigenvalue weighted by Crippen LogP contribution is -1.94. The van der Waals surface area contributed by atoms with E-state index in [9.17, 15) is 0 Å². The van der Waals surface area contributed by atoms with Gasteiger partial charge in [-0.2, -0.15) is 0 Å². The van der Waals surface area contributed by atoms with Gasteiger partial charge in [-0.25, -0.2) is 9.97 Å². The fourth-order valence-electron chi connectivity index (χ4n) is 8.48. The molecule has 0 saturated heterocycles. The standard InChI is InChI=1S/C54H32N2OS/c1-2-10-33(11-3-1)43-30-45(52-47(31-43)46-29-40-14-6-7-15-41(40)32-48(46)57-52)36-21-25-38(26-22-36)54-55-50(53-51(56-54)44-16-8-9-17-49(44)58-53)37-23-18-35(19-24-37)42-27-20-34-12-4-5-13-39(34)28-42/h1-32H. The monoisotopic (exact) mass is 756 g/mol. The van der Waals surface area contributed by atoms with Crippen molar-refractivity contribution in [2.45, 2.75) is 0 Å². The van der Waals surface area contributed by atoms with E-state index >= 15 is 0 Å². The Labute approximate surface area is 338 Å². The second-order valence-electron chi connectivity index (χ2n) is 15.0. The molecule has 3 aromatic heterocycles. The van der Waals surface area contributed by atoms with Crippen LogP contribution in [-0.4, -0.2) is 9.97 Å². The molecule has 0 unspecified atom stereocenters. The van der Waals surface area contributed by atoms with Crippen molar-refractivity contribution < 1.29 is 4.42 Å². The first kappa shape index (κ1) is 32.8. The first-order valence-corrected chi connectivity index (χ1v) is 20.4. The maximum Gasteiger partial charge on any atom is 0.160 e. The van der Waals surface area contributed by atoms with Gasteiger partial charge in [0.05, 0.1) is 15.9 Å². The molecule has 0 atom stereocenters. The minimum atomic E-state index is 0.704. The Morgan fingerprint density at radius 2 is 1.00 bits per heavy atom. The van der Waals surface area contributed by atoms with Gasteiger partial charge in [0.15, 0.2) is 5.82 Å². The summed E-state index contributed by atoms with van der Waals surface area (Å²) in [6.45, 7) is 0. The molecule has 0 fully saturated rings. The lowest BCUT2D eigenvalue weighted by molar-refractivity contribution is 0.670.